The highest BCUT2D eigenvalue weighted by Gasteiger charge is 2.01. The molecule has 6 heteroatoms. The summed E-state index contributed by atoms with van der Waals surface area (Å²) >= 11 is 0. The van der Waals surface area contributed by atoms with Gasteiger partial charge in [-0.15, -0.1) is 6.58 Å². The van der Waals surface area contributed by atoms with Gasteiger partial charge in [0.2, 0.25) is 11.8 Å². The summed E-state index contributed by atoms with van der Waals surface area (Å²) < 4.78 is 23.9. The van der Waals surface area contributed by atoms with E-state index >= 15 is 0 Å². The zero-order chi connectivity index (χ0) is 18.1. The van der Waals surface area contributed by atoms with Crippen molar-refractivity contribution in [2.24, 2.45) is 5.73 Å². The van der Waals surface area contributed by atoms with Crippen molar-refractivity contribution in [2.45, 2.75) is 39.5 Å². The van der Waals surface area contributed by atoms with Crippen LogP contribution in [0.25, 0.3) is 0 Å². The van der Waals surface area contributed by atoms with E-state index in [1.807, 2.05) is 19.9 Å². The fourth-order valence-corrected chi connectivity index (χ4v) is 1.31. The Bertz CT molecular complexity index is 448. The minimum Gasteiger partial charge on any atom is -0.368 e. The zero-order valence-electron chi connectivity index (χ0n) is 13.8. The predicted molar refractivity (Wildman–Crippen MR) is 88.6 cm³/mol. The third kappa shape index (κ3) is 17.7. The van der Waals surface area contributed by atoms with Crippen molar-refractivity contribution < 1.29 is 18.4 Å². The Kier molecular flexibility index (Phi) is 16.2. The van der Waals surface area contributed by atoms with E-state index in [1.54, 1.807) is 0 Å². The highest BCUT2D eigenvalue weighted by Crippen LogP contribution is 1.99. The van der Waals surface area contributed by atoms with Gasteiger partial charge in [0.15, 0.2) is 0 Å². The van der Waals surface area contributed by atoms with Crippen LogP contribution in [0.5, 0.6) is 0 Å². The quantitative estimate of drug-likeness (QED) is 0.595. The standard InChI is InChI=1S/C9H16N2O2.C6H4F2.C2H6/c1-2-3-4-5-6-9(13)11-7-8(10)12;7-5-2-1-3-6(8)4-5;1-2/h2H,1,3-7H2,(H2,10,12)(H,11,13);1-4H;1-2H3. The molecule has 23 heavy (non-hydrogen) atoms. The maximum atomic E-state index is 11.9. The first kappa shape index (κ1) is 23.0. The topological polar surface area (TPSA) is 72.2 Å². The lowest BCUT2D eigenvalue weighted by Crippen LogP contribution is -2.33. The van der Waals surface area contributed by atoms with E-state index in [-0.39, 0.29) is 12.5 Å². The van der Waals surface area contributed by atoms with Gasteiger partial charge < -0.3 is 11.1 Å². The van der Waals surface area contributed by atoms with Gasteiger partial charge in [0.25, 0.3) is 0 Å². The highest BCUT2D eigenvalue weighted by atomic mass is 19.1. The smallest absolute Gasteiger partial charge is 0.236 e. The summed E-state index contributed by atoms with van der Waals surface area (Å²) in [7, 11) is 0. The molecule has 1 rings (SSSR count). The highest BCUT2D eigenvalue weighted by molar-refractivity contribution is 5.83. The minimum absolute atomic E-state index is 0.0692. The molecule has 0 saturated heterocycles. The molecule has 0 radical (unpaired) electrons. The molecule has 0 spiro atoms. The van der Waals surface area contributed by atoms with Crippen molar-refractivity contribution in [3.05, 3.63) is 48.6 Å². The Morgan fingerprint density at radius 2 is 1.78 bits per heavy atom. The largest absolute Gasteiger partial charge is 0.368 e. The van der Waals surface area contributed by atoms with Crippen LogP contribution in [0.3, 0.4) is 0 Å². The lowest BCUT2D eigenvalue weighted by atomic mass is 10.2. The van der Waals surface area contributed by atoms with E-state index in [4.69, 9.17) is 5.73 Å². The van der Waals surface area contributed by atoms with Crippen LogP contribution in [-0.4, -0.2) is 18.4 Å². The lowest BCUT2D eigenvalue weighted by molar-refractivity contribution is -0.124. The molecule has 0 fully saturated rings. The number of primary amides is 1. The number of allylic oxidation sites excluding steroid dienone is 1. The molecule has 0 aliphatic carbocycles. The third-order valence-electron chi connectivity index (χ3n) is 2.31. The van der Waals surface area contributed by atoms with Gasteiger partial charge in [-0.1, -0.05) is 26.0 Å². The molecule has 2 amide bonds. The van der Waals surface area contributed by atoms with Crippen LogP contribution in [0.1, 0.15) is 39.5 Å². The summed E-state index contributed by atoms with van der Waals surface area (Å²) in [5.74, 6) is -1.71. The van der Waals surface area contributed by atoms with Crippen molar-refractivity contribution in [2.75, 3.05) is 6.54 Å². The number of amides is 2. The molecule has 0 aliphatic rings. The molecule has 4 nitrogen and oxygen atoms in total. The molecule has 0 saturated carbocycles. The summed E-state index contributed by atoms with van der Waals surface area (Å²) in [6, 6.07) is 4.55. The molecule has 130 valence electrons. The molecule has 0 atom stereocenters. The maximum absolute atomic E-state index is 11.9. The second-order valence-corrected chi connectivity index (χ2v) is 4.22. The van der Waals surface area contributed by atoms with E-state index in [2.05, 4.69) is 11.9 Å². The van der Waals surface area contributed by atoms with Crippen molar-refractivity contribution >= 4 is 11.8 Å². The average molecular weight is 328 g/mol. The Morgan fingerprint density at radius 1 is 1.22 bits per heavy atom. The van der Waals surface area contributed by atoms with Crippen LogP contribution in [0.15, 0.2) is 36.9 Å². The number of unbranched alkanes of at least 4 members (excludes halogenated alkanes) is 2. The zero-order valence-corrected chi connectivity index (χ0v) is 13.8. The average Bonchev–Trinajstić information content (AvgIpc) is 2.52. The summed E-state index contributed by atoms with van der Waals surface area (Å²) in [6.45, 7) is 7.51. The van der Waals surface area contributed by atoms with Gasteiger partial charge in [0, 0.05) is 12.5 Å². The van der Waals surface area contributed by atoms with Crippen molar-refractivity contribution in [3.8, 4) is 0 Å². The third-order valence-corrected chi connectivity index (χ3v) is 2.31. The number of carbonyl (C=O) groups excluding carboxylic acids is 2. The van der Waals surface area contributed by atoms with Crippen LogP contribution < -0.4 is 11.1 Å². The van der Waals surface area contributed by atoms with Gasteiger partial charge in [-0.05, 0) is 31.4 Å². The van der Waals surface area contributed by atoms with Gasteiger partial charge in [0.1, 0.15) is 11.6 Å². The molecular formula is C17H26F2N2O2. The number of carbonyl (C=O) groups is 2. The fraction of sp³-hybridized carbons (Fsp3) is 0.412. The molecule has 1 aromatic carbocycles. The number of nitrogens with one attached hydrogen (secondary N) is 1. The van der Waals surface area contributed by atoms with E-state index in [0.29, 0.717) is 6.42 Å². The van der Waals surface area contributed by atoms with E-state index in [9.17, 15) is 18.4 Å². The molecular weight excluding hydrogens is 302 g/mol. The first-order valence-electron chi connectivity index (χ1n) is 7.52. The van der Waals surface area contributed by atoms with E-state index < -0.39 is 17.5 Å². The van der Waals surface area contributed by atoms with Gasteiger partial charge in [-0.3, -0.25) is 9.59 Å². The van der Waals surface area contributed by atoms with E-state index in [1.165, 1.54) is 18.2 Å². The molecule has 1 aromatic rings. The predicted octanol–water partition coefficient (Wildman–Crippen LogP) is 3.33. The first-order valence-corrected chi connectivity index (χ1v) is 7.52. The van der Waals surface area contributed by atoms with E-state index in [0.717, 1.165) is 25.3 Å². The number of hydrogen-bond donors (Lipinski definition) is 2. The number of halogens is 2. The first-order chi connectivity index (χ1) is 11.0. The van der Waals surface area contributed by atoms with Crippen molar-refractivity contribution in [1.29, 1.82) is 0 Å². The monoisotopic (exact) mass is 328 g/mol. The van der Waals surface area contributed by atoms with Crippen LogP contribution in [0.2, 0.25) is 0 Å². The number of nitrogens with two attached hydrogens (primary N) is 1. The number of benzene rings is 1. The van der Waals surface area contributed by atoms with Crippen LogP contribution in [0.4, 0.5) is 8.78 Å². The SMILES string of the molecule is C=CCCCCC(=O)NCC(N)=O.CC.Fc1cccc(F)c1. The van der Waals surface area contributed by atoms with Crippen LogP contribution in [-0.2, 0) is 9.59 Å². The summed E-state index contributed by atoms with van der Waals surface area (Å²) in [5.41, 5.74) is 4.85. The Hall–Kier alpha value is -2.24. The summed E-state index contributed by atoms with van der Waals surface area (Å²) in [6.07, 6.45) is 4.95. The number of rotatable bonds is 7. The van der Waals surface area contributed by atoms with Gasteiger partial charge in [-0.25, -0.2) is 8.78 Å². The molecule has 0 aromatic heterocycles. The molecule has 0 aliphatic heterocycles. The molecule has 0 unspecified atom stereocenters. The second-order valence-electron chi connectivity index (χ2n) is 4.22. The summed E-state index contributed by atoms with van der Waals surface area (Å²) in [5, 5.41) is 2.42. The molecule has 0 heterocycles. The lowest BCUT2D eigenvalue weighted by Gasteiger charge is -2.01. The van der Waals surface area contributed by atoms with Gasteiger partial charge in [-0.2, -0.15) is 0 Å². The van der Waals surface area contributed by atoms with Crippen molar-refractivity contribution in [3.63, 3.8) is 0 Å². The Morgan fingerprint density at radius 3 is 2.17 bits per heavy atom. The Balaban J connectivity index is 0. The van der Waals surface area contributed by atoms with Crippen LogP contribution >= 0.6 is 0 Å². The van der Waals surface area contributed by atoms with Gasteiger partial charge >= 0.3 is 0 Å². The van der Waals surface area contributed by atoms with Crippen LogP contribution in [0, 0.1) is 11.6 Å². The van der Waals surface area contributed by atoms with Gasteiger partial charge in [0.05, 0.1) is 6.54 Å². The number of hydrogen-bond acceptors (Lipinski definition) is 2. The minimum atomic E-state index is -0.537. The van der Waals surface area contributed by atoms with Crippen molar-refractivity contribution in [1.82, 2.24) is 5.32 Å². The normalized spacial score (nSPS) is 8.70. The fourth-order valence-electron chi connectivity index (χ4n) is 1.31. The molecule has 0 bridgehead atoms. The Labute approximate surface area is 136 Å². The maximum Gasteiger partial charge on any atom is 0.236 e. The second kappa shape index (κ2) is 16.1. The molecule has 3 N–H and O–H groups in total. The summed E-state index contributed by atoms with van der Waals surface area (Å²) in [4.78, 5) is 21.2.